The van der Waals surface area contributed by atoms with Gasteiger partial charge in [0, 0.05) is 37.9 Å². The molecule has 0 bridgehead atoms. The van der Waals surface area contributed by atoms with Crippen molar-refractivity contribution in [3.8, 4) is 27.4 Å². The predicted molar refractivity (Wildman–Crippen MR) is 106 cm³/mol. The molecular weight excluding hydrogens is 379 g/mol. The molecule has 0 spiro atoms. The Hall–Kier alpha value is -2.52. The van der Waals surface area contributed by atoms with Crippen molar-refractivity contribution in [3.63, 3.8) is 0 Å². The topological polar surface area (TPSA) is 70.2 Å². The number of fused-ring (bicyclic) bond motifs is 1. The second-order valence-corrected chi connectivity index (χ2v) is 8.51. The van der Waals surface area contributed by atoms with Gasteiger partial charge in [0.25, 0.3) is 0 Å². The fourth-order valence-corrected chi connectivity index (χ4v) is 5.27. The summed E-state index contributed by atoms with van der Waals surface area (Å²) in [5, 5.41) is 16.7. The molecule has 0 amide bonds. The third kappa shape index (κ3) is 2.94. The van der Waals surface area contributed by atoms with E-state index in [-0.39, 0.29) is 5.82 Å². The number of methoxy groups -OCH3 is 1. The summed E-state index contributed by atoms with van der Waals surface area (Å²) in [7, 11) is 3.71. The van der Waals surface area contributed by atoms with Crippen LogP contribution in [0.5, 0.6) is 5.75 Å². The minimum atomic E-state index is -0.377. The number of hydrogen-bond acceptors (Lipinski definition) is 7. The summed E-state index contributed by atoms with van der Waals surface area (Å²) < 4.78 is 20.5. The monoisotopic (exact) mass is 400 g/mol. The SMILES string of the molecule is COc1cc(-c2cn[nH]c2)cc(F)c1-c1nnc(N2C[C@H]3CN(C)C[C@H]3C2)s1. The van der Waals surface area contributed by atoms with E-state index in [1.54, 1.807) is 18.5 Å². The molecule has 2 fully saturated rings. The average Bonchev–Trinajstić information content (AvgIpc) is 3.44. The molecule has 0 radical (unpaired) electrons. The van der Waals surface area contributed by atoms with Crippen LogP contribution in [0.15, 0.2) is 24.5 Å². The average molecular weight is 400 g/mol. The predicted octanol–water partition coefficient (Wildman–Crippen LogP) is 2.74. The Morgan fingerprint density at radius 2 is 1.93 bits per heavy atom. The maximum absolute atomic E-state index is 15.0. The van der Waals surface area contributed by atoms with Crippen LogP contribution in [-0.4, -0.2) is 65.6 Å². The van der Waals surface area contributed by atoms with E-state index in [1.165, 1.54) is 24.5 Å². The Labute approximate surface area is 166 Å². The van der Waals surface area contributed by atoms with Crippen LogP contribution < -0.4 is 9.64 Å². The molecule has 2 atom stereocenters. The zero-order valence-corrected chi connectivity index (χ0v) is 16.5. The molecule has 1 N–H and O–H groups in total. The highest BCUT2D eigenvalue weighted by atomic mass is 32.1. The van der Waals surface area contributed by atoms with E-state index >= 15 is 4.39 Å². The van der Waals surface area contributed by atoms with E-state index in [0.717, 1.165) is 36.9 Å². The van der Waals surface area contributed by atoms with Gasteiger partial charge in [-0.25, -0.2) is 4.39 Å². The van der Waals surface area contributed by atoms with E-state index in [2.05, 4.69) is 37.2 Å². The largest absolute Gasteiger partial charge is 0.496 e. The lowest BCUT2D eigenvalue weighted by atomic mass is 10.0. The first-order valence-electron chi connectivity index (χ1n) is 9.26. The van der Waals surface area contributed by atoms with Crippen molar-refractivity contribution in [1.29, 1.82) is 0 Å². The molecule has 7 nitrogen and oxygen atoms in total. The summed E-state index contributed by atoms with van der Waals surface area (Å²) in [6, 6.07) is 3.29. The van der Waals surface area contributed by atoms with E-state index in [4.69, 9.17) is 4.74 Å². The Morgan fingerprint density at radius 1 is 1.14 bits per heavy atom. The lowest BCUT2D eigenvalue weighted by molar-refractivity contribution is 0.387. The first-order valence-corrected chi connectivity index (χ1v) is 10.1. The van der Waals surface area contributed by atoms with Crippen LogP contribution in [-0.2, 0) is 0 Å². The van der Waals surface area contributed by atoms with Gasteiger partial charge >= 0.3 is 0 Å². The number of rotatable bonds is 4. The molecule has 146 valence electrons. The Kier molecular flexibility index (Phi) is 4.28. The van der Waals surface area contributed by atoms with Crippen molar-refractivity contribution >= 4 is 16.5 Å². The molecule has 0 aliphatic carbocycles. The molecule has 3 aromatic rings. The molecule has 28 heavy (non-hydrogen) atoms. The second-order valence-electron chi connectivity index (χ2n) is 7.56. The number of ether oxygens (including phenoxy) is 1. The minimum Gasteiger partial charge on any atom is -0.496 e. The molecule has 0 saturated carbocycles. The maximum atomic E-state index is 15.0. The Balaban J connectivity index is 1.44. The number of benzene rings is 1. The smallest absolute Gasteiger partial charge is 0.208 e. The number of nitrogens with one attached hydrogen (secondary N) is 1. The fraction of sp³-hybridized carbons (Fsp3) is 0.421. The van der Waals surface area contributed by atoms with E-state index in [1.807, 2.05) is 0 Å². The highest BCUT2D eigenvalue weighted by molar-refractivity contribution is 7.18. The van der Waals surface area contributed by atoms with Gasteiger partial charge in [0.05, 0.1) is 18.9 Å². The van der Waals surface area contributed by atoms with Gasteiger partial charge in [0.15, 0.2) is 5.01 Å². The van der Waals surface area contributed by atoms with Gasteiger partial charge in [0.2, 0.25) is 5.13 Å². The standard InChI is InChI=1S/C19H21FN6OS/c1-25-7-13-9-26(10-14(13)8-25)19-24-23-18(28-19)17-15(20)3-11(4-16(17)27-2)12-5-21-22-6-12/h3-6,13-14H,7-10H2,1-2H3,(H,21,22)/t13-,14+. The molecule has 2 aliphatic rings. The minimum absolute atomic E-state index is 0.359. The number of aromatic amines is 1. The molecule has 2 saturated heterocycles. The molecule has 5 rings (SSSR count). The van der Waals surface area contributed by atoms with E-state index < -0.39 is 0 Å². The van der Waals surface area contributed by atoms with Crippen LogP contribution in [0.4, 0.5) is 9.52 Å². The van der Waals surface area contributed by atoms with Gasteiger partial charge in [-0.05, 0) is 36.6 Å². The summed E-state index contributed by atoms with van der Waals surface area (Å²) in [5.74, 6) is 1.42. The fourth-order valence-electron chi connectivity index (χ4n) is 4.35. The normalized spacial score (nSPS) is 22.0. The number of nitrogens with zero attached hydrogens (tertiary/aromatic N) is 5. The van der Waals surface area contributed by atoms with Crippen molar-refractivity contribution in [2.45, 2.75) is 0 Å². The number of hydrogen-bond donors (Lipinski definition) is 1. The first kappa shape index (κ1) is 17.6. The molecule has 1 aromatic carbocycles. The van der Waals surface area contributed by atoms with Crippen LogP contribution in [0.2, 0.25) is 0 Å². The van der Waals surface area contributed by atoms with Crippen LogP contribution in [0.3, 0.4) is 0 Å². The van der Waals surface area contributed by atoms with Crippen molar-refractivity contribution in [2.24, 2.45) is 11.8 Å². The number of likely N-dealkylation sites (tertiary alicyclic amines) is 1. The highest BCUT2D eigenvalue weighted by Gasteiger charge is 2.39. The van der Waals surface area contributed by atoms with Crippen LogP contribution in [0.25, 0.3) is 21.7 Å². The molecule has 2 aliphatic heterocycles. The van der Waals surface area contributed by atoms with Gasteiger partial charge in [-0.2, -0.15) is 5.10 Å². The summed E-state index contributed by atoms with van der Waals surface area (Å²) in [6.45, 7) is 4.24. The zero-order valence-electron chi connectivity index (χ0n) is 15.7. The van der Waals surface area contributed by atoms with Crippen molar-refractivity contribution < 1.29 is 9.13 Å². The summed E-state index contributed by atoms with van der Waals surface area (Å²) in [6.07, 6.45) is 3.37. The van der Waals surface area contributed by atoms with Gasteiger partial charge in [-0.3, -0.25) is 5.10 Å². The molecule has 0 unspecified atom stereocenters. The lowest BCUT2D eigenvalue weighted by Gasteiger charge is -2.17. The van der Waals surface area contributed by atoms with Crippen LogP contribution in [0.1, 0.15) is 0 Å². The quantitative estimate of drug-likeness (QED) is 0.726. The molecule has 2 aromatic heterocycles. The summed E-state index contributed by atoms with van der Waals surface area (Å²) in [4.78, 5) is 4.67. The van der Waals surface area contributed by atoms with Gasteiger partial charge in [0.1, 0.15) is 11.6 Å². The Morgan fingerprint density at radius 3 is 2.61 bits per heavy atom. The third-order valence-electron chi connectivity index (χ3n) is 5.67. The summed E-state index contributed by atoms with van der Waals surface area (Å²) >= 11 is 1.42. The van der Waals surface area contributed by atoms with Gasteiger partial charge in [-0.15, -0.1) is 10.2 Å². The maximum Gasteiger partial charge on any atom is 0.208 e. The molecular formula is C19H21FN6OS. The van der Waals surface area contributed by atoms with Crippen molar-refractivity contribution in [3.05, 3.63) is 30.3 Å². The Bertz CT molecular complexity index is 976. The number of H-pyrrole nitrogens is 1. The number of anilines is 1. The number of aromatic nitrogens is 4. The summed E-state index contributed by atoms with van der Waals surface area (Å²) in [5.41, 5.74) is 1.86. The lowest BCUT2D eigenvalue weighted by Crippen LogP contribution is -2.26. The van der Waals surface area contributed by atoms with Gasteiger partial charge < -0.3 is 14.5 Å². The second kappa shape index (κ2) is 6.82. The molecule has 4 heterocycles. The van der Waals surface area contributed by atoms with E-state index in [0.29, 0.717) is 33.7 Å². The number of halogens is 1. The molecule has 9 heteroatoms. The first-order chi connectivity index (χ1) is 13.6. The highest BCUT2D eigenvalue weighted by Crippen LogP contribution is 2.41. The van der Waals surface area contributed by atoms with Crippen LogP contribution >= 0.6 is 11.3 Å². The third-order valence-corrected chi connectivity index (χ3v) is 6.67. The van der Waals surface area contributed by atoms with Crippen molar-refractivity contribution in [1.82, 2.24) is 25.3 Å². The van der Waals surface area contributed by atoms with Gasteiger partial charge in [-0.1, -0.05) is 11.3 Å². The zero-order chi connectivity index (χ0) is 19.3. The van der Waals surface area contributed by atoms with Crippen LogP contribution in [0, 0.1) is 17.7 Å². The van der Waals surface area contributed by atoms with E-state index in [9.17, 15) is 0 Å². The van der Waals surface area contributed by atoms with Crippen molar-refractivity contribution in [2.75, 3.05) is 45.2 Å².